The number of thioether (sulfide) groups is 1. The van der Waals surface area contributed by atoms with Gasteiger partial charge < -0.3 is 10.1 Å². The molecule has 1 aliphatic rings. The van der Waals surface area contributed by atoms with Gasteiger partial charge in [0.2, 0.25) is 5.91 Å². The zero-order valence-electron chi connectivity index (χ0n) is 15.2. The number of aromatic nitrogens is 2. The van der Waals surface area contributed by atoms with E-state index in [0.717, 1.165) is 25.9 Å². The Balaban J connectivity index is 1.86. The molecule has 1 aliphatic heterocycles. The Kier molecular flexibility index (Phi) is 6.32. The number of hydrogen-bond acceptors (Lipinski definition) is 5. The van der Waals surface area contributed by atoms with Crippen LogP contribution in [0.25, 0.3) is 10.9 Å². The van der Waals surface area contributed by atoms with E-state index in [1.807, 2.05) is 32.0 Å². The molecule has 0 unspecified atom stereocenters. The molecular formula is C19H25N3O3S. The number of hydrogen-bond donors (Lipinski definition) is 1. The van der Waals surface area contributed by atoms with Gasteiger partial charge in [-0.25, -0.2) is 4.98 Å². The minimum Gasteiger partial charge on any atom is -0.376 e. The van der Waals surface area contributed by atoms with Crippen LogP contribution in [0.4, 0.5) is 0 Å². The first-order chi connectivity index (χ1) is 12.6. The molecule has 0 spiro atoms. The van der Waals surface area contributed by atoms with Gasteiger partial charge in [-0.05, 0) is 38.3 Å². The predicted molar refractivity (Wildman–Crippen MR) is 104 cm³/mol. The van der Waals surface area contributed by atoms with Crippen molar-refractivity contribution in [3.05, 3.63) is 34.6 Å². The first kappa shape index (κ1) is 18.9. The van der Waals surface area contributed by atoms with E-state index >= 15 is 0 Å². The smallest absolute Gasteiger partial charge is 0.262 e. The predicted octanol–water partition coefficient (Wildman–Crippen LogP) is 2.58. The van der Waals surface area contributed by atoms with Gasteiger partial charge in [0, 0.05) is 12.6 Å². The molecule has 0 bridgehead atoms. The summed E-state index contributed by atoms with van der Waals surface area (Å²) in [6.45, 7) is 5.22. The van der Waals surface area contributed by atoms with Gasteiger partial charge in [-0.1, -0.05) is 30.8 Å². The highest BCUT2D eigenvalue weighted by Crippen LogP contribution is 2.21. The Morgan fingerprint density at radius 2 is 2.27 bits per heavy atom. The molecule has 3 rings (SSSR count). The maximum Gasteiger partial charge on any atom is 0.262 e. The van der Waals surface area contributed by atoms with Gasteiger partial charge in [0.15, 0.2) is 5.16 Å². The molecule has 1 aromatic carbocycles. The average Bonchev–Trinajstić information content (AvgIpc) is 3.15. The Labute approximate surface area is 157 Å². The number of nitrogens with zero attached hydrogens (tertiary/aromatic N) is 2. The van der Waals surface area contributed by atoms with Gasteiger partial charge in [-0.3, -0.25) is 14.2 Å². The molecule has 1 N–H and O–H groups in total. The molecule has 2 atom stereocenters. The van der Waals surface area contributed by atoms with Crippen molar-refractivity contribution in [2.45, 2.75) is 57.0 Å². The normalized spacial score (nSPS) is 18.2. The molecule has 1 fully saturated rings. The second-order valence-electron chi connectivity index (χ2n) is 6.63. The standard InChI is InChI=1S/C19H25N3O3S/c1-3-13(2)20-17(23)12-26-19-21-16-9-5-4-8-15(16)18(24)22(19)11-14-7-6-10-25-14/h4-5,8-9,13-14H,3,6-7,10-12H2,1-2H3,(H,20,23)/t13-,14+/m1/s1. The molecule has 26 heavy (non-hydrogen) atoms. The summed E-state index contributed by atoms with van der Waals surface area (Å²) >= 11 is 1.30. The second kappa shape index (κ2) is 8.68. The van der Waals surface area contributed by atoms with Crippen LogP contribution in [0, 0.1) is 0 Å². The summed E-state index contributed by atoms with van der Waals surface area (Å²) in [6.07, 6.45) is 2.87. The molecule has 0 saturated carbocycles. The van der Waals surface area contributed by atoms with Crippen molar-refractivity contribution in [1.82, 2.24) is 14.9 Å². The summed E-state index contributed by atoms with van der Waals surface area (Å²) in [5.41, 5.74) is 0.585. The van der Waals surface area contributed by atoms with Crippen LogP contribution in [-0.2, 0) is 16.1 Å². The Morgan fingerprint density at radius 1 is 1.46 bits per heavy atom. The highest BCUT2D eigenvalue weighted by molar-refractivity contribution is 7.99. The minimum absolute atomic E-state index is 0.0314. The number of fused-ring (bicyclic) bond motifs is 1. The summed E-state index contributed by atoms with van der Waals surface area (Å²) in [4.78, 5) is 29.7. The van der Waals surface area contributed by atoms with Crippen LogP contribution in [0.15, 0.2) is 34.2 Å². The first-order valence-electron chi connectivity index (χ1n) is 9.11. The number of rotatable bonds is 7. The number of ether oxygens (including phenoxy) is 1. The fraction of sp³-hybridized carbons (Fsp3) is 0.526. The Bertz CT molecular complexity index is 830. The van der Waals surface area contributed by atoms with E-state index in [1.165, 1.54) is 11.8 Å². The third kappa shape index (κ3) is 4.45. The summed E-state index contributed by atoms with van der Waals surface area (Å²) in [6, 6.07) is 7.47. The van der Waals surface area contributed by atoms with Crippen molar-refractivity contribution in [3.63, 3.8) is 0 Å². The van der Waals surface area contributed by atoms with Gasteiger partial charge in [0.1, 0.15) is 0 Å². The van der Waals surface area contributed by atoms with Crippen LogP contribution in [0.5, 0.6) is 0 Å². The molecule has 1 aromatic heterocycles. The van der Waals surface area contributed by atoms with Crippen LogP contribution in [0.2, 0.25) is 0 Å². The van der Waals surface area contributed by atoms with E-state index in [9.17, 15) is 9.59 Å². The molecule has 1 amide bonds. The van der Waals surface area contributed by atoms with Crippen molar-refractivity contribution in [3.8, 4) is 0 Å². The number of benzene rings is 1. The monoisotopic (exact) mass is 375 g/mol. The molecule has 0 aliphatic carbocycles. The number of para-hydroxylation sites is 1. The summed E-state index contributed by atoms with van der Waals surface area (Å²) in [5.74, 6) is 0.191. The van der Waals surface area contributed by atoms with Gasteiger partial charge in [-0.2, -0.15) is 0 Å². The van der Waals surface area contributed by atoms with E-state index in [-0.39, 0.29) is 29.4 Å². The molecule has 2 heterocycles. The van der Waals surface area contributed by atoms with Crippen molar-refractivity contribution >= 4 is 28.6 Å². The highest BCUT2D eigenvalue weighted by Gasteiger charge is 2.20. The lowest BCUT2D eigenvalue weighted by Gasteiger charge is -2.17. The van der Waals surface area contributed by atoms with E-state index < -0.39 is 0 Å². The molecule has 1 saturated heterocycles. The largest absolute Gasteiger partial charge is 0.376 e. The average molecular weight is 375 g/mol. The molecule has 7 heteroatoms. The number of carbonyl (C=O) groups excluding carboxylic acids is 1. The van der Waals surface area contributed by atoms with Crippen LogP contribution in [-0.4, -0.2) is 40.0 Å². The SMILES string of the molecule is CC[C@@H](C)NC(=O)CSc1nc2ccccc2c(=O)n1C[C@@H]1CCCO1. The van der Waals surface area contributed by atoms with E-state index in [4.69, 9.17) is 4.74 Å². The van der Waals surface area contributed by atoms with Gasteiger partial charge in [0.25, 0.3) is 5.56 Å². The number of carbonyl (C=O) groups is 1. The fourth-order valence-corrected chi connectivity index (χ4v) is 3.78. The van der Waals surface area contributed by atoms with Gasteiger partial charge in [0.05, 0.1) is 29.3 Å². The molecule has 6 nitrogen and oxygen atoms in total. The van der Waals surface area contributed by atoms with Crippen molar-refractivity contribution in [2.75, 3.05) is 12.4 Å². The number of amides is 1. The van der Waals surface area contributed by atoms with Crippen LogP contribution >= 0.6 is 11.8 Å². The van der Waals surface area contributed by atoms with Crippen LogP contribution in [0.1, 0.15) is 33.1 Å². The zero-order valence-corrected chi connectivity index (χ0v) is 16.1. The zero-order chi connectivity index (χ0) is 18.5. The third-order valence-electron chi connectivity index (χ3n) is 4.59. The molecule has 2 aromatic rings. The maximum atomic E-state index is 13.0. The lowest BCUT2D eigenvalue weighted by Crippen LogP contribution is -2.34. The lowest BCUT2D eigenvalue weighted by atomic mass is 10.2. The second-order valence-corrected chi connectivity index (χ2v) is 7.57. The summed E-state index contributed by atoms with van der Waals surface area (Å²) in [5, 5.41) is 4.11. The first-order valence-corrected chi connectivity index (χ1v) is 10.1. The Hall–Kier alpha value is -1.86. The van der Waals surface area contributed by atoms with E-state index in [1.54, 1.807) is 10.6 Å². The van der Waals surface area contributed by atoms with Gasteiger partial charge in [-0.15, -0.1) is 0 Å². The van der Waals surface area contributed by atoms with Crippen LogP contribution < -0.4 is 10.9 Å². The minimum atomic E-state index is -0.0732. The maximum absolute atomic E-state index is 13.0. The van der Waals surface area contributed by atoms with Crippen molar-refractivity contribution < 1.29 is 9.53 Å². The van der Waals surface area contributed by atoms with Crippen molar-refractivity contribution in [2.24, 2.45) is 0 Å². The van der Waals surface area contributed by atoms with Gasteiger partial charge >= 0.3 is 0 Å². The quantitative estimate of drug-likeness (QED) is 0.595. The topological polar surface area (TPSA) is 73.2 Å². The third-order valence-corrected chi connectivity index (χ3v) is 5.57. The lowest BCUT2D eigenvalue weighted by molar-refractivity contribution is -0.119. The molecule has 0 radical (unpaired) electrons. The van der Waals surface area contributed by atoms with E-state index in [2.05, 4.69) is 10.3 Å². The Morgan fingerprint density at radius 3 is 3.00 bits per heavy atom. The van der Waals surface area contributed by atoms with Crippen LogP contribution in [0.3, 0.4) is 0 Å². The summed E-state index contributed by atoms with van der Waals surface area (Å²) < 4.78 is 7.36. The van der Waals surface area contributed by atoms with Crippen molar-refractivity contribution in [1.29, 1.82) is 0 Å². The highest BCUT2D eigenvalue weighted by atomic mass is 32.2. The number of nitrogens with one attached hydrogen (secondary N) is 1. The molecular weight excluding hydrogens is 350 g/mol. The van der Waals surface area contributed by atoms with E-state index in [0.29, 0.717) is 22.6 Å². The fourth-order valence-electron chi connectivity index (χ4n) is 2.96. The summed E-state index contributed by atoms with van der Waals surface area (Å²) in [7, 11) is 0. The molecule has 140 valence electrons.